The zero-order valence-corrected chi connectivity index (χ0v) is 31.8. The summed E-state index contributed by atoms with van der Waals surface area (Å²) in [4.78, 5) is 0. The molecule has 0 unspecified atom stereocenters. The van der Waals surface area contributed by atoms with Crippen molar-refractivity contribution in [3.05, 3.63) is 222 Å². The van der Waals surface area contributed by atoms with Crippen LogP contribution in [0.1, 0.15) is 29.2 Å². The highest BCUT2D eigenvalue weighted by Crippen LogP contribution is 2.32. The maximum Gasteiger partial charge on any atom is 0.119 e. The summed E-state index contributed by atoms with van der Waals surface area (Å²) in [6.45, 7) is 3.38. The minimum atomic E-state index is -0.446. The van der Waals surface area contributed by atoms with Crippen LogP contribution in [-0.2, 0) is 25.5 Å². The summed E-state index contributed by atoms with van der Waals surface area (Å²) >= 11 is 5.71. The maximum atomic E-state index is 5.71. The predicted octanol–water partition coefficient (Wildman–Crippen LogP) is 8.28. The van der Waals surface area contributed by atoms with E-state index in [1.807, 2.05) is 84.9 Å². The fourth-order valence-electron chi connectivity index (χ4n) is 5.16. The van der Waals surface area contributed by atoms with Crippen LogP contribution in [0, 0.1) is 0 Å². The van der Waals surface area contributed by atoms with Gasteiger partial charge in [0, 0.05) is 5.88 Å². The maximum absolute atomic E-state index is 5.71. The van der Waals surface area contributed by atoms with Crippen molar-refractivity contribution in [2.75, 3.05) is 0 Å². The van der Waals surface area contributed by atoms with E-state index in [9.17, 15) is 0 Å². The van der Waals surface area contributed by atoms with Crippen molar-refractivity contribution in [1.82, 2.24) is 0 Å². The first-order valence-electron chi connectivity index (χ1n) is 17.2. The summed E-state index contributed by atoms with van der Waals surface area (Å²) in [5.41, 5.74) is 4.81. The van der Waals surface area contributed by atoms with E-state index < -0.39 is 7.92 Å². The normalized spacial score (nSPS) is 10.1. The summed E-state index contributed by atoms with van der Waals surface area (Å²) in [6.07, 6.45) is 1.07. The summed E-state index contributed by atoms with van der Waals surface area (Å²) in [5.74, 6) is 2.35. The van der Waals surface area contributed by atoms with Gasteiger partial charge < -0.3 is 21.9 Å². The van der Waals surface area contributed by atoms with E-state index in [0.29, 0.717) is 19.1 Å². The van der Waals surface area contributed by atoms with Crippen LogP contribution in [0.5, 0.6) is 11.5 Å². The molecule has 0 aliphatic rings. The van der Waals surface area contributed by atoms with Gasteiger partial charge in [0.1, 0.15) is 24.7 Å². The molecule has 0 amide bonds. The Bertz CT molecular complexity index is 1740. The quantitative estimate of drug-likeness (QED) is 0.0982. The molecule has 0 radical (unpaired) electrons. The molecule has 0 spiro atoms. The van der Waals surface area contributed by atoms with E-state index in [1.165, 1.54) is 32.6 Å². The highest BCUT2D eigenvalue weighted by Gasteiger charge is 2.15. The SMILES string of the molecule is CCc1ccc(OCc2ccccc2)cc1.ClCc1ccc(OCc2ccccc2)cc1.[Cl-].c1ccc(P(c2ccccc2)c2ccccc2)cc1. The Kier molecular flexibility index (Phi) is 17.6. The zero-order chi connectivity index (χ0) is 35.4. The number of hydrogen-bond acceptors (Lipinski definition) is 2. The molecule has 0 saturated carbocycles. The number of aryl methyl sites for hydroxylation is 1. The van der Waals surface area contributed by atoms with Crippen molar-refractivity contribution in [3.8, 4) is 11.5 Å². The van der Waals surface area contributed by atoms with Crippen molar-refractivity contribution >= 4 is 35.4 Å². The van der Waals surface area contributed by atoms with Gasteiger partial charge in [-0.2, -0.15) is 0 Å². The third-order valence-corrected chi connectivity index (χ3v) is 10.7. The number of rotatable bonds is 11. The van der Waals surface area contributed by atoms with Crippen LogP contribution in [0.15, 0.2) is 200 Å². The van der Waals surface area contributed by atoms with Gasteiger partial charge in [-0.25, -0.2) is 0 Å². The second-order valence-electron chi connectivity index (χ2n) is 11.7. The molecule has 0 atom stereocenters. The van der Waals surface area contributed by atoms with Gasteiger partial charge in [-0.1, -0.05) is 183 Å². The largest absolute Gasteiger partial charge is 1.00 e. The fourth-order valence-corrected chi connectivity index (χ4v) is 7.64. The monoisotopic (exact) mass is 741 g/mol. The second kappa shape index (κ2) is 22.9. The van der Waals surface area contributed by atoms with Gasteiger partial charge in [0.2, 0.25) is 0 Å². The Morgan fingerprint density at radius 2 is 0.692 bits per heavy atom. The molecule has 7 aromatic carbocycles. The average molecular weight is 743 g/mol. The molecule has 2 nitrogen and oxygen atoms in total. The number of benzene rings is 7. The smallest absolute Gasteiger partial charge is 0.119 e. The van der Waals surface area contributed by atoms with E-state index in [1.54, 1.807) is 0 Å². The van der Waals surface area contributed by atoms with Gasteiger partial charge in [-0.3, -0.25) is 0 Å². The highest BCUT2D eigenvalue weighted by atomic mass is 35.5. The number of hydrogen-bond donors (Lipinski definition) is 0. The summed E-state index contributed by atoms with van der Waals surface area (Å²) in [6, 6.07) is 68.8. The van der Waals surface area contributed by atoms with E-state index >= 15 is 0 Å². The molecule has 52 heavy (non-hydrogen) atoms. The number of ether oxygens (including phenoxy) is 2. The molecule has 0 bridgehead atoms. The van der Waals surface area contributed by atoms with Crippen LogP contribution >= 0.6 is 19.5 Å². The van der Waals surface area contributed by atoms with E-state index in [4.69, 9.17) is 21.1 Å². The number of halogens is 2. The molecular weight excluding hydrogens is 698 g/mol. The molecule has 7 aromatic rings. The van der Waals surface area contributed by atoms with Gasteiger partial charge in [-0.05, 0) is 76.8 Å². The van der Waals surface area contributed by atoms with E-state index in [2.05, 4.69) is 122 Å². The molecule has 0 aliphatic carbocycles. The molecule has 7 rings (SSSR count). The Balaban J connectivity index is 0.000000174. The first kappa shape index (κ1) is 39.9. The molecule has 5 heteroatoms. The van der Waals surface area contributed by atoms with Crippen molar-refractivity contribution in [2.24, 2.45) is 0 Å². The van der Waals surface area contributed by atoms with Crippen LogP contribution in [0.3, 0.4) is 0 Å². The van der Waals surface area contributed by atoms with Crippen molar-refractivity contribution in [2.45, 2.75) is 32.4 Å². The van der Waals surface area contributed by atoms with Crippen LogP contribution in [-0.4, -0.2) is 0 Å². The summed E-state index contributed by atoms with van der Waals surface area (Å²) in [7, 11) is -0.446. The van der Waals surface area contributed by atoms with Crippen molar-refractivity contribution in [1.29, 1.82) is 0 Å². The van der Waals surface area contributed by atoms with E-state index in [0.717, 1.165) is 23.5 Å². The topological polar surface area (TPSA) is 18.5 Å². The van der Waals surface area contributed by atoms with Crippen LogP contribution in [0.2, 0.25) is 0 Å². The third kappa shape index (κ3) is 13.4. The Morgan fingerprint density at radius 1 is 0.385 bits per heavy atom. The molecule has 0 fully saturated rings. The van der Waals surface area contributed by atoms with E-state index in [-0.39, 0.29) is 12.4 Å². The highest BCUT2D eigenvalue weighted by molar-refractivity contribution is 7.79. The molecule has 0 aliphatic heterocycles. The lowest BCUT2D eigenvalue weighted by Gasteiger charge is -2.18. The van der Waals surface area contributed by atoms with Gasteiger partial charge in [0.15, 0.2) is 0 Å². The van der Waals surface area contributed by atoms with Crippen LogP contribution in [0.25, 0.3) is 0 Å². The van der Waals surface area contributed by atoms with Gasteiger partial charge >= 0.3 is 0 Å². The molecular formula is C47H44Cl2O2P-. The lowest BCUT2D eigenvalue weighted by atomic mass is 10.2. The Morgan fingerprint density at radius 3 is 1.00 bits per heavy atom. The molecule has 0 heterocycles. The van der Waals surface area contributed by atoms with Crippen LogP contribution in [0.4, 0.5) is 0 Å². The molecule has 0 N–H and O–H groups in total. The lowest BCUT2D eigenvalue weighted by Crippen LogP contribution is -3.00. The molecule has 0 aromatic heterocycles. The van der Waals surface area contributed by atoms with Crippen LogP contribution < -0.4 is 37.8 Å². The van der Waals surface area contributed by atoms with Gasteiger partial charge in [0.05, 0.1) is 0 Å². The minimum Gasteiger partial charge on any atom is -1.00 e. The third-order valence-electron chi connectivity index (χ3n) is 7.95. The minimum absolute atomic E-state index is 0. The summed E-state index contributed by atoms with van der Waals surface area (Å²) < 4.78 is 11.3. The van der Waals surface area contributed by atoms with Crippen molar-refractivity contribution < 1.29 is 21.9 Å². The second-order valence-corrected chi connectivity index (χ2v) is 14.2. The first-order chi connectivity index (χ1) is 25.2. The Hall–Kier alpha value is -4.85. The number of alkyl halides is 1. The van der Waals surface area contributed by atoms with Gasteiger partial charge in [0.25, 0.3) is 0 Å². The lowest BCUT2D eigenvalue weighted by molar-refractivity contribution is -0.0000107. The van der Waals surface area contributed by atoms with Gasteiger partial charge in [-0.15, -0.1) is 11.6 Å². The zero-order valence-electron chi connectivity index (χ0n) is 29.4. The summed E-state index contributed by atoms with van der Waals surface area (Å²) in [5, 5.41) is 4.19. The first-order valence-corrected chi connectivity index (χ1v) is 19.1. The van der Waals surface area contributed by atoms with Crippen molar-refractivity contribution in [3.63, 3.8) is 0 Å². The Labute approximate surface area is 322 Å². The predicted molar refractivity (Wildman–Crippen MR) is 219 cm³/mol. The fraction of sp³-hybridized carbons (Fsp3) is 0.106. The standard InChI is InChI=1S/C18H15P.C15H16O.C14H13ClO.ClH/c1-4-10-16(11-5-1)19(17-12-6-2-7-13-17)18-14-8-3-9-15-18;1-2-13-8-10-15(11-9-13)16-12-14-6-4-3-5-7-14;15-10-12-6-8-14(9-7-12)16-11-13-4-2-1-3-5-13;/h1-15H;3-11H,2,12H2,1H3;1-9H,10-11H2;1H/p-1. The average Bonchev–Trinajstić information content (AvgIpc) is 3.22. The molecule has 264 valence electrons. The molecule has 0 saturated heterocycles.